The van der Waals surface area contributed by atoms with Gasteiger partial charge >= 0.3 is 0 Å². The maximum atomic E-state index is 9.59. The molecule has 0 aliphatic rings. The fraction of sp³-hybridized carbons (Fsp3) is 0.412. The molecule has 0 saturated heterocycles. The molecule has 1 nitrogen and oxygen atoms in total. The second-order valence-electron chi connectivity index (χ2n) is 4.89. The quantitative estimate of drug-likeness (QED) is 0.530. The summed E-state index contributed by atoms with van der Waals surface area (Å²) in [6, 6.07) is 8.64. The summed E-state index contributed by atoms with van der Waals surface area (Å²) < 4.78 is 9.32. The molecule has 0 radical (unpaired) electrons. The molecule has 0 amide bonds. The molecule has 0 atom stereocenters. The van der Waals surface area contributed by atoms with Crippen molar-refractivity contribution in [2.24, 2.45) is 0 Å². The molecule has 1 rings (SSSR count). The number of benzene rings is 1. The highest BCUT2D eigenvalue weighted by Crippen LogP contribution is 2.32. The molecule has 0 unspecified atom stereocenters. The normalized spacial score (nSPS) is 15.2. The molecule has 104 valence electrons. The molecule has 0 bridgehead atoms. The molecule has 2 heteroatoms. The van der Waals surface area contributed by atoms with Crippen LogP contribution in [0.3, 0.4) is 0 Å². The van der Waals surface area contributed by atoms with Gasteiger partial charge in [-0.3, -0.25) is 0 Å². The first kappa shape index (κ1) is 16.1. The zero-order chi connectivity index (χ0) is 14.1. The summed E-state index contributed by atoms with van der Waals surface area (Å²) in [6.07, 6.45) is 11.2. The maximum Gasteiger partial charge on any atom is 0.0779 e. The summed E-state index contributed by atoms with van der Waals surface area (Å²) in [5, 5.41) is 0. The van der Waals surface area contributed by atoms with Crippen LogP contribution in [0, 0.1) is 6.92 Å². The Balaban J connectivity index is 2.62. The number of hydrogen-bond acceptors (Lipinski definition) is 2. The lowest BCUT2D eigenvalue weighted by Crippen LogP contribution is -2.18. The fourth-order valence-electron chi connectivity index (χ4n) is 2.33. The van der Waals surface area contributed by atoms with E-state index < -0.39 is 0 Å². The van der Waals surface area contributed by atoms with Gasteiger partial charge in [0.15, 0.2) is 0 Å². The highest BCUT2D eigenvalue weighted by Gasteiger charge is 2.23. The van der Waals surface area contributed by atoms with Crippen molar-refractivity contribution >= 4 is 12.0 Å². The van der Waals surface area contributed by atoms with Gasteiger partial charge in [0, 0.05) is 12.0 Å². The van der Waals surface area contributed by atoms with Crippen molar-refractivity contribution in [1.29, 1.82) is 0 Å². The van der Waals surface area contributed by atoms with E-state index in [1.165, 1.54) is 11.1 Å². The fourth-order valence-corrected chi connectivity index (χ4v) is 2.96. The van der Waals surface area contributed by atoms with Gasteiger partial charge in [0.25, 0.3) is 0 Å². The molecule has 0 spiro atoms. The number of hydrogen-bond donors (Lipinski definition) is 1. The Hall–Kier alpha value is -0.990. The number of allylic oxidation sites excluding steroid dienone is 2. The zero-order valence-electron chi connectivity index (χ0n) is 12.1. The standard InChI is InChI=1S/C17H24OS/c1-4-11-17(19-18,12-5-2)13-7-10-16-9-6-8-15(3)14-16/h4-6,8-9,11-12,14,18H,7,10,13H2,1-3H3. The van der Waals surface area contributed by atoms with Gasteiger partial charge in [0.2, 0.25) is 0 Å². The SMILES string of the molecule is CC=CC(C=CC)(CCCc1cccc(C)c1)SO. The van der Waals surface area contributed by atoms with Crippen LogP contribution in [0.4, 0.5) is 0 Å². The van der Waals surface area contributed by atoms with Gasteiger partial charge in [-0.2, -0.15) is 0 Å². The summed E-state index contributed by atoms with van der Waals surface area (Å²) in [6.45, 7) is 6.11. The van der Waals surface area contributed by atoms with Crippen molar-refractivity contribution in [3.05, 3.63) is 59.7 Å². The van der Waals surface area contributed by atoms with Crippen molar-refractivity contribution < 1.29 is 4.55 Å². The first-order valence-corrected chi connectivity index (χ1v) is 7.59. The zero-order valence-corrected chi connectivity index (χ0v) is 12.9. The van der Waals surface area contributed by atoms with Crippen molar-refractivity contribution in [3.8, 4) is 0 Å². The predicted octanol–water partition coefficient (Wildman–Crippen LogP) is 5.41. The van der Waals surface area contributed by atoms with Crippen molar-refractivity contribution in [1.82, 2.24) is 0 Å². The molecule has 0 saturated carbocycles. The van der Waals surface area contributed by atoms with Gasteiger partial charge in [-0.15, -0.1) is 0 Å². The van der Waals surface area contributed by atoms with Crippen LogP contribution in [0.1, 0.15) is 37.8 Å². The van der Waals surface area contributed by atoms with Gasteiger partial charge < -0.3 is 4.55 Å². The van der Waals surface area contributed by atoms with E-state index in [-0.39, 0.29) is 4.75 Å². The van der Waals surface area contributed by atoms with Crippen LogP contribution in [0.2, 0.25) is 0 Å². The second kappa shape index (κ2) is 8.23. The maximum absolute atomic E-state index is 9.59. The minimum absolute atomic E-state index is 0.271. The van der Waals surface area contributed by atoms with Gasteiger partial charge in [-0.25, -0.2) is 0 Å². The van der Waals surface area contributed by atoms with Crippen molar-refractivity contribution in [2.45, 2.75) is 44.8 Å². The first-order valence-electron chi connectivity index (χ1n) is 6.81. The minimum atomic E-state index is -0.271. The van der Waals surface area contributed by atoms with E-state index in [0.717, 1.165) is 31.3 Å². The lowest BCUT2D eigenvalue weighted by Gasteiger charge is -2.23. The van der Waals surface area contributed by atoms with Crippen LogP contribution in [0.15, 0.2) is 48.6 Å². The van der Waals surface area contributed by atoms with Crippen LogP contribution in [-0.2, 0) is 6.42 Å². The largest absolute Gasteiger partial charge is 0.329 e. The number of aryl methyl sites for hydroxylation is 2. The Morgan fingerprint density at radius 2 is 1.89 bits per heavy atom. The first-order chi connectivity index (χ1) is 9.15. The average molecular weight is 276 g/mol. The van der Waals surface area contributed by atoms with Crippen LogP contribution in [0.5, 0.6) is 0 Å². The highest BCUT2D eigenvalue weighted by molar-refractivity contribution is 7.95. The van der Waals surface area contributed by atoms with Crippen LogP contribution >= 0.6 is 12.0 Å². The average Bonchev–Trinajstić information content (AvgIpc) is 2.39. The van der Waals surface area contributed by atoms with Gasteiger partial charge in [-0.1, -0.05) is 54.1 Å². The molecule has 0 heterocycles. The molecular formula is C17H24OS. The summed E-state index contributed by atoms with van der Waals surface area (Å²) >= 11 is 0.931. The van der Waals surface area contributed by atoms with E-state index in [4.69, 9.17) is 0 Å². The Labute approximate surface area is 121 Å². The molecule has 0 aliphatic heterocycles. The summed E-state index contributed by atoms with van der Waals surface area (Å²) in [4.78, 5) is 0. The van der Waals surface area contributed by atoms with Crippen LogP contribution in [-0.4, -0.2) is 9.30 Å². The molecule has 1 aromatic carbocycles. The van der Waals surface area contributed by atoms with E-state index in [1.54, 1.807) is 0 Å². The lowest BCUT2D eigenvalue weighted by molar-refractivity contribution is 0.611. The van der Waals surface area contributed by atoms with E-state index in [2.05, 4.69) is 43.3 Å². The third-order valence-corrected chi connectivity index (χ3v) is 4.00. The molecular weight excluding hydrogens is 252 g/mol. The Bertz CT molecular complexity index is 423. The monoisotopic (exact) mass is 276 g/mol. The molecule has 1 aromatic rings. The van der Waals surface area contributed by atoms with Crippen molar-refractivity contribution in [2.75, 3.05) is 0 Å². The third kappa shape index (κ3) is 5.25. The Kier molecular flexibility index (Phi) is 6.96. The minimum Gasteiger partial charge on any atom is -0.329 e. The van der Waals surface area contributed by atoms with Crippen LogP contribution < -0.4 is 0 Å². The molecule has 19 heavy (non-hydrogen) atoms. The van der Waals surface area contributed by atoms with E-state index in [1.807, 2.05) is 26.0 Å². The Morgan fingerprint density at radius 1 is 1.21 bits per heavy atom. The molecule has 0 fully saturated rings. The molecule has 0 aromatic heterocycles. The lowest BCUT2D eigenvalue weighted by atomic mass is 9.97. The summed E-state index contributed by atoms with van der Waals surface area (Å²) in [7, 11) is 0. The van der Waals surface area contributed by atoms with Crippen molar-refractivity contribution in [3.63, 3.8) is 0 Å². The van der Waals surface area contributed by atoms with Gasteiger partial charge in [0.05, 0.1) is 4.75 Å². The summed E-state index contributed by atoms with van der Waals surface area (Å²) in [5.74, 6) is 0. The van der Waals surface area contributed by atoms with Gasteiger partial charge in [0.1, 0.15) is 0 Å². The summed E-state index contributed by atoms with van der Waals surface area (Å²) in [5.41, 5.74) is 2.68. The van der Waals surface area contributed by atoms with E-state index in [9.17, 15) is 4.55 Å². The molecule has 0 aliphatic carbocycles. The van der Waals surface area contributed by atoms with Gasteiger partial charge in [-0.05, 0) is 45.6 Å². The topological polar surface area (TPSA) is 20.2 Å². The van der Waals surface area contributed by atoms with E-state index in [0.29, 0.717) is 0 Å². The molecule has 1 N–H and O–H groups in total. The van der Waals surface area contributed by atoms with E-state index >= 15 is 0 Å². The van der Waals surface area contributed by atoms with Crippen LogP contribution in [0.25, 0.3) is 0 Å². The predicted molar refractivity (Wildman–Crippen MR) is 86.7 cm³/mol. The third-order valence-electron chi connectivity index (χ3n) is 3.18. The Morgan fingerprint density at radius 3 is 2.42 bits per heavy atom. The highest BCUT2D eigenvalue weighted by atomic mass is 32.2. The second-order valence-corrected chi connectivity index (χ2v) is 5.83. The smallest absolute Gasteiger partial charge is 0.0779 e. The number of rotatable bonds is 7.